The second-order valence-corrected chi connectivity index (χ2v) is 9.12. The number of carbonyl (C=O) groups excluding carboxylic acids is 1. The quantitative estimate of drug-likeness (QED) is 0.609. The lowest BCUT2D eigenvalue weighted by Gasteiger charge is -2.35. The molecule has 33 heavy (non-hydrogen) atoms. The number of nitrogens with one attached hydrogen (secondary N) is 1. The summed E-state index contributed by atoms with van der Waals surface area (Å²) in [5.41, 5.74) is 1.12. The number of piperazine rings is 1. The van der Waals surface area contributed by atoms with Gasteiger partial charge in [-0.05, 0) is 42.7 Å². The third kappa shape index (κ3) is 4.50. The van der Waals surface area contributed by atoms with E-state index in [0.29, 0.717) is 16.7 Å². The predicted molar refractivity (Wildman–Crippen MR) is 131 cm³/mol. The SMILES string of the molecule is O=C(Nc1cnc(N2CCN(c3ccccn3)CC2)nc1)C1(c2ccc(Cl)cc2)CCCC1. The number of pyridine rings is 1. The fourth-order valence-electron chi connectivity index (χ4n) is 4.87. The van der Waals surface area contributed by atoms with Crippen molar-refractivity contribution in [2.24, 2.45) is 0 Å². The zero-order chi connectivity index (χ0) is 22.7. The second kappa shape index (κ2) is 9.35. The first-order valence-electron chi connectivity index (χ1n) is 11.4. The number of hydrogen-bond acceptors (Lipinski definition) is 6. The lowest BCUT2D eigenvalue weighted by atomic mass is 9.78. The van der Waals surface area contributed by atoms with Crippen LogP contribution in [0.25, 0.3) is 0 Å². The normalized spacial score (nSPS) is 17.7. The fourth-order valence-corrected chi connectivity index (χ4v) is 5.00. The number of halogens is 1. The molecule has 0 bridgehead atoms. The van der Waals surface area contributed by atoms with E-state index in [0.717, 1.165) is 63.2 Å². The molecule has 1 saturated heterocycles. The Bertz CT molecular complexity index is 1080. The average molecular weight is 463 g/mol. The molecule has 1 amide bonds. The molecule has 8 heteroatoms. The van der Waals surface area contributed by atoms with Gasteiger partial charge >= 0.3 is 0 Å². The van der Waals surface area contributed by atoms with E-state index in [9.17, 15) is 4.79 Å². The first-order valence-corrected chi connectivity index (χ1v) is 11.8. The van der Waals surface area contributed by atoms with Crippen molar-refractivity contribution in [3.05, 3.63) is 71.6 Å². The average Bonchev–Trinajstić information content (AvgIpc) is 3.37. The molecule has 1 saturated carbocycles. The van der Waals surface area contributed by atoms with Crippen molar-refractivity contribution in [1.82, 2.24) is 15.0 Å². The van der Waals surface area contributed by atoms with Crippen LogP contribution in [-0.4, -0.2) is 47.0 Å². The van der Waals surface area contributed by atoms with Crippen LogP contribution >= 0.6 is 11.6 Å². The Kier molecular flexibility index (Phi) is 6.13. The highest BCUT2D eigenvalue weighted by atomic mass is 35.5. The highest BCUT2D eigenvalue weighted by molar-refractivity contribution is 6.30. The van der Waals surface area contributed by atoms with Crippen molar-refractivity contribution >= 4 is 35.0 Å². The number of carbonyl (C=O) groups is 1. The minimum atomic E-state index is -0.523. The zero-order valence-electron chi connectivity index (χ0n) is 18.5. The first-order chi connectivity index (χ1) is 16.1. The van der Waals surface area contributed by atoms with Crippen molar-refractivity contribution < 1.29 is 4.79 Å². The highest BCUT2D eigenvalue weighted by Crippen LogP contribution is 2.42. The van der Waals surface area contributed by atoms with E-state index in [-0.39, 0.29) is 5.91 Å². The summed E-state index contributed by atoms with van der Waals surface area (Å²) in [6.07, 6.45) is 8.97. The molecule has 3 heterocycles. The Balaban J connectivity index is 1.23. The van der Waals surface area contributed by atoms with Gasteiger partial charge in [0.15, 0.2) is 0 Å². The van der Waals surface area contributed by atoms with Gasteiger partial charge in [-0.2, -0.15) is 0 Å². The van der Waals surface area contributed by atoms with Gasteiger partial charge in [0.25, 0.3) is 0 Å². The van der Waals surface area contributed by atoms with Gasteiger partial charge in [0.2, 0.25) is 11.9 Å². The summed E-state index contributed by atoms with van der Waals surface area (Å²) in [7, 11) is 0. The second-order valence-electron chi connectivity index (χ2n) is 8.68. The van der Waals surface area contributed by atoms with Gasteiger partial charge in [0, 0.05) is 37.4 Å². The number of nitrogens with zero attached hydrogens (tertiary/aromatic N) is 5. The molecule has 2 aromatic heterocycles. The number of hydrogen-bond donors (Lipinski definition) is 1. The number of anilines is 3. The predicted octanol–water partition coefficient (Wildman–Crippen LogP) is 4.30. The summed E-state index contributed by atoms with van der Waals surface area (Å²) >= 11 is 6.06. The third-order valence-electron chi connectivity index (χ3n) is 6.72. The van der Waals surface area contributed by atoms with Crippen LogP contribution in [0.15, 0.2) is 61.1 Å². The molecular weight excluding hydrogens is 436 g/mol. The summed E-state index contributed by atoms with van der Waals surface area (Å²) in [5.74, 6) is 1.68. The van der Waals surface area contributed by atoms with Crippen LogP contribution in [0.3, 0.4) is 0 Å². The Hall–Kier alpha value is -3.19. The van der Waals surface area contributed by atoms with E-state index >= 15 is 0 Å². The molecule has 2 fully saturated rings. The largest absolute Gasteiger partial charge is 0.353 e. The van der Waals surface area contributed by atoms with Crippen molar-refractivity contribution in [2.45, 2.75) is 31.1 Å². The number of rotatable bonds is 5. The minimum absolute atomic E-state index is 0.00245. The van der Waals surface area contributed by atoms with Gasteiger partial charge in [0.1, 0.15) is 5.82 Å². The first kappa shape index (κ1) is 21.6. The molecule has 5 rings (SSSR count). The van der Waals surface area contributed by atoms with Crippen molar-refractivity contribution in [1.29, 1.82) is 0 Å². The van der Waals surface area contributed by atoms with Crippen LogP contribution in [0.1, 0.15) is 31.2 Å². The highest BCUT2D eigenvalue weighted by Gasteiger charge is 2.42. The summed E-state index contributed by atoms with van der Waals surface area (Å²) in [4.78, 5) is 31.3. The Labute approximate surface area is 198 Å². The van der Waals surface area contributed by atoms with Crippen LogP contribution in [0, 0.1) is 0 Å². The maximum absolute atomic E-state index is 13.4. The lowest BCUT2D eigenvalue weighted by molar-refractivity contribution is -0.121. The van der Waals surface area contributed by atoms with Crippen LogP contribution in [0.5, 0.6) is 0 Å². The lowest BCUT2D eigenvalue weighted by Crippen LogP contribution is -2.47. The van der Waals surface area contributed by atoms with Gasteiger partial charge in [0.05, 0.1) is 23.5 Å². The molecule has 3 aromatic rings. The molecule has 2 aliphatic rings. The third-order valence-corrected chi connectivity index (χ3v) is 6.97. The molecule has 0 unspecified atom stereocenters. The Morgan fingerprint density at radius 3 is 2.18 bits per heavy atom. The van der Waals surface area contributed by atoms with E-state index in [1.165, 1.54) is 0 Å². The van der Waals surface area contributed by atoms with E-state index in [1.54, 1.807) is 12.4 Å². The Morgan fingerprint density at radius 2 is 1.55 bits per heavy atom. The smallest absolute Gasteiger partial charge is 0.235 e. The van der Waals surface area contributed by atoms with Gasteiger partial charge in [-0.25, -0.2) is 15.0 Å². The molecule has 1 N–H and O–H groups in total. The molecule has 1 aliphatic carbocycles. The maximum atomic E-state index is 13.4. The summed E-state index contributed by atoms with van der Waals surface area (Å²) in [6, 6.07) is 13.6. The fraction of sp³-hybridized carbons (Fsp3) is 0.360. The summed E-state index contributed by atoms with van der Waals surface area (Å²) in [6.45, 7) is 3.37. The molecule has 0 radical (unpaired) electrons. The minimum Gasteiger partial charge on any atom is -0.353 e. The standard InChI is InChI=1S/C25H27ClN6O/c26-20-8-6-19(7-9-20)25(10-2-3-11-25)23(33)30-21-17-28-24(29-18-21)32-15-13-31(14-16-32)22-5-1-4-12-27-22/h1,4-9,12,17-18H,2-3,10-11,13-16H2,(H,30,33). The summed E-state index contributed by atoms with van der Waals surface area (Å²) < 4.78 is 0. The molecular formula is C25H27ClN6O. The van der Waals surface area contributed by atoms with Crippen LogP contribution < -0.4 is 15.1 Å². The van der Waals surface area contributed by atoms with Crippen molar-refractivity contribution in [2.75, 3.05) is 41.3 Å². The number of aromatic nitrogens is 3. The molecule has 7 nitrogen and oxygen atoms in total. The van der Waals surface area contributed by atoms with E-state index < -0.39 is 5.41 Å². The summed E-state index contributed by atoms with van der Waals surface area (Å²) in [5, 5.41) is 3.74. The molecule has 1 aromatic carbocycles. The molecule has 0 atom stereocenters. The molecule has 170 valence electrons. The topological polar surface area (TPSA) is 74.2 Å². The number of benzene rings is 1. The van der Waals surface area contributed by atoms with Gasteiger partial charge in [-0.1, -0.05) is 42.6 Å². The molecule has 0 spiro atoms. The zero-order valence-corrected chi connectivity index (χ0v) is 19.2. The van der Waals surface area contributed by atoms with E-state index in [2.05, 4.69) is 30.1 Å². The van der Waals surface area contributed by atoms with Gasteiger partial charge in [-0.15, -0.1) is 0 Å². The monoisotopic (exact) mass is 462 g/mol. The van der Waals surface area contributed by atoms with E-state index in [4.69, 9.17) is 11.6 Å². The maximum Gasteiger partial charge on any atom is 0.235 e. The van der Waals surface area contributed by atoms with Crippen molar-refractivity contribution in [3.63, 3.8) is 0 Å². The van der Waals surface area contributed by atoms with Gasteiger partial charge < -0.3 is 15.1 Å². The van der Waals surface area contributed by atoms with Crippen LogP contribution in [0.4, 0.5) is 17.5 Å². The van der Waals surface area contributed by atoms with Crippen LogP contribution in [0.2, 0.25) is 5.02 Å². The molecule has 1 aliphatic heterocycles. The van der Waals surface area contributed by atoms with Crippen molar-refractivity contribution in [3.8, 4) is 0 Å². The van der Waals surface area contributed by atoms with Gasteiger partial charge in [-0.3, -0.25) is 4.79 Å². The van der Waals surface area contributed by atoms with Crippen LogP contribution in [-0.2, 0) is 10.2 Å². The van der Waals surface area contributed by atoms with E-state index in [1.807, 2.05) is 48.7 Å². The number of amides is 1. The Morgan fingerprint density at radius 1 is 0.879 bits per heavy atom.